The number of H-pyrrole nitrogens is 1. The van der Waals surface area contributed by atoms with Gasteiger partial charge in [-0.25, -0.2) is 0 Å². The lowest BCUT2D eigenvalue weighted by atomic mass is 10.1. The van der Waals surface area contributed by atoms with Gasteiger partial charge in [0.1, 0.15) is 6.10 Å². The highest BCUT2D eigenvalue weighted by atomic mass is 16.5. The van der Waals surface area contributed by atoms with Crippen LogP contribution in [-0.4, -0.2) is 4.98 Å². The van der Waals surface area contributed by atoms with Gasteiger partial charge < -0.3 is 9.72 Å². The molecule has 1 radical (unpaired) electrons. The molecule has 0 saturated heterocycles. The van der Waals surface area contributed by atoms with Gasteiger partial charge in [0, 0.05) is 11.8 Å². The Balaban J connectivity index is 2.19. The Kier molecular flexibility index (Phi) is 1.52. The molecule has 2 nitrogen and oxygen atoms in total. The molecule has 1 aliphatic heterocycles. The second-order valence-corrected chi connectivity index (χ2v) is 2.33. The Labute approximate surface area is 65.2 Å². The molecule has 1 atom stereocenters. The molecular formula is C9H8NO. The fourth-order valence-corrected chi connectivity index (χ4v) is 1.03. The minimum absolute atomic E-state index is 0.0336. The minimum Gasteiger partial charge on any atom is -0.489 e. The molecule has 0 fully saturated rings. The molecule has 2 heterocycles. The van der Waals surface area contributed by atoms with Gasteiger partial charge in [-0.15, -0.1) is 0 Å². The van der Waals surface area contributed by atoms with Crippen molar-refractivity contribution in [1.82, 2.24) is 4.98 Å². The van der Waals surface area contributed by atoms with Gasteiger partial charge in [-0.2, -0.15) is 0 Å². The standard InChI is InChI=1S/C9H8NO/c1-2-6-11-9(3-1)8-4-5-10-7-8/h1-6,9-10H. The molecule has 1 unspecified atom stereocenters. The summed E-state index contributed by atoms with van der Waals surface area (Å²) in [6.45, 7) is 0. The molecule has 0 bridgehead atoms. The van der Waals surface area contributed by atoms with Crippen molar-refractivity contribution in [2.75, 3.05) is 0 Å². The number of hydrogen-bond donors (Lipinski definition) is 1. The van der Waals surface area contributed by atoms with Crippen molar-refractivity contribution in [3.63, 3.8) is 0 Å². The summed E-state index contributed by atoms with van der Waals surface area (Å²) < 4.78 is 5.30. The summed E-state index contributed by atoms with van der Waals surface area (Å²) in [7, 11) is 0. The van der Waals surface area contributed by atoms with E-state index in [4.69, 9.17) is 4.74 Å². The van der Waals surface area contributed by atoms with Crippen LogP contribution in [0.3, 0.4) is 0 Å². The predicted octanol–water partition coefficient (Wildman–Crippen LogP) is 1.96. The lowest BCUT2D eigenvalue weighted by molar-refractivity contribution is 0.186. The molecule has 1 aromatic rings. The third-order valence-electron chi connectivity index (χ3n) is 1.57. The maximum absolute atomic E-state index is 5.30. The normalized spacial score (nSPS) is 21.6. The number of aromatic amines is 1. The fourth-order valence-electron chi connectivity index (χ4n) is 1.03. The van der Waals surface area contributed by atoms with E-state index in [-0.39, 0.29) is 6.10 Å². The van der Waals surface area contributed by atoms with Crippen LogP contribution in [0, 0.1) is 6.20 Å². The van der Waals surface area contributed by atoms with Gasteiger partial charge in [0.15, 0.2) is 0 Å². The first kappa shape index (κ1) is 6.28. The predicted molar refractivity (Wildman–Crippen MR) is 41.7 cm³/mol. The van der Waals surface area contributed by atoms with Crippen molar-refractivity contribution in [1.29, 1.82) is 0 Å². The Morgan fingerprint density at radius 3 is 3.09 bits per heavy atom. The number of nitrogens with one attached hydrogen (secondary N) is 1. The van der Waals surface area contributed by atoms with Gasteiger partial charge in [0.2, 0.25) is 0 Å². The summed E-state index contributed by atoms with van der Waals surface area (Å²) in [5.41, 5.74) is 1.03. The van der Waals surface area contributed by atoms with Gasteiger partial charge in [-0.1, -0.05) is 6.08 Å². The van der Waals surface area contributed by atoms with E-state index in [0.29, 0.717) is 0 Å². The molecule has 0 spiro atoms. The Bertz CT molecular complexity index is 272. The Hall–Kier alpha value is -1.44. The zero-order valence-corrected chi connectivity index (χ0v) is 5.95. The quantitative estimate of drug-likeness (QED) is 0.643. The van der Waals surface area contributed by atoms with Crippen LogP contribution in [0.4, 0.5) is 0 Å². The topological polar surface area (TPSA) is 25.0 Å². The summed E-state index contributed by atoms with van der Waals surface area (Å²) in [4.78, 5) is 2.86. The van der Waals surface area contributed by atoms with Crippen LogP contribution in [0.25, 0.3) is 0 Å². The molecule has 2 rings (SSSR count). The van der Waals surface area contributed by atoms with Crippen LogP contribution in [0.2, 0.25) is 0 Å². The molecule has 11 heavy (non-hydrogen) atoms. The van der Waals surface area contributed by atoms with E-state index in [9.17, 15) is 0 Å². The number of allylic oxidation sites excluding steroid dienone is 2. The average molecular weight is 146 g/mol. The first-order valence-corrected chi connectivity index (χ1v) is 3.50. The van der Waals surface area contributed by atoms with E-state index in [0.717, 1.165) is 5.56 Å². The van der Waals surface area contributed by atoms with Crippen LogP contribution in [-0.2, 0) is 4.74 Å². The summed E-state index contributed by atoms with van der Waals surface area (Å²) in [5.74, 6) is 0. The third kappa shape index (κ3) is 1.19. The molecule has 2 heteroatoms. The van der Waals surface area contributed by atoms with E-state index in [1.54, 1.807) is 6.26 Å². The molecule has 0 aromatic carbocycles. The summed E-state index contributed by atoms with van der Waals surface area (Å²) in [6.07, 6.45) is 12.3. The number of aromatic nitrogens is 1. The maximum atomic E-state index is 5.30. The molecule has 55 valence electrons. The van der Waals surface area contributed by atoms with Crippen LogP contribution in [0.1, 0.15) is 11.7 Å². The zero-order valence-electron chi connectivity index (χ0n) is 5.95. The van der Waals surface area contributed by atoms with Crippen molar-refractivity contribution in [3.05, 3.63) is 48.5 Å². The lowest BCUT2D eigenvalue weighted by Crippen LogP contribution is -1.97. The molecule has 1 N–H and O–H groups in total. The number of ether oxygens (including phenoxy) is 1. The van der Waals surface area contributed by atoms with Gasteiger partial charge in [0.05, 0.1) is 12.5 Å². The van der Waals surface area contributed by atoms with Gasteiger partial charge in [-0.3, -0.25) is 0 Å². The molecule has 0 saturated carbocycles. The van der Waals surface area contributed by atoms with Crippen LogP contribution >= 0.6 is 0 Å². The first-order chi connectivity index (χ1) is 5.47. The second-order valence-electron chi connectivity index (χ2n) is 2.33. The third-order valence-corrected chi connectivity index (χ3v) is 1.57. The largest absolute Gasteiger partial charge is 0.489 e. The van der Waals surface area contributed by atoms with Gasteiger partial charge in [-0.05, 0) is 18.2 Å². The van der Waals surface area contributed by atoms with E-state index in [1.165, 1.54) is 0 Å². The van der Waals surface area contributed by atoms with E-state index in [2.05, 4.69) is 11.2 Å². The van der Waals surface area contributed by atoms with E-state index < -0.39 is 0 Å². The Morgan fingerprint density at radius 2 is 2.45 bits per heavy atom. The van der Waals surface area contributed by atoms with Crippen LogP contribution < -0.4 is 0 Å². The minimum atomic E-state index is 0.0336. The summed E-state index contributed by atoms with van der Waals surface area (Å²) in [6, 6.07) is 1.95. The van der Waals surface area contributed by atoms with Crippen molar-refractivity contribution in [2.45, 2.75) is 6.10 Å². The fraction of sp³-hybridized carbons (Fsp3) is 0.111. The van der Waals surface area contributed by atoms with Crippen molar-refractivity contribution in [3.8, 4) is 0 Å². The van der Waals surface area contributed by atoms with Crippen LogP contribution in [0.5, 0.6) is 0 Å². The molecular weight excluding hydrogens is 138 g/mol. The molecule has 0 amide bonds. The van der Waals surface area contributed by atoms with Gasteiger partial charge in [0.25, 0.3) is 0 Å². The Morgan fingerprint density at radius 1 is 1.45 bits per heavy atom. The zero-order chi connectivity index (χ0) is 7.52. The summed E-state index contributed by atoms with van der Waals surface area (Å²) >= 11 is 0. The van der Waals surface area contributed by atoms with Gasteiger partial charge >= 0.3 is 0 Å². The molecule has 0 aliphatic carbocycles. The highest BCUT2D eigenvalue weighted by Gasteiger charge is 2.08. The highest BCUT2D eigenvalue weighted by Crippen LogP contribution is 2.20. The lowest BCUT2D eigenvalue weighted by Gasteiger charge is -2.12. The highest BCUT2D eigenvalue weighted by molar-refractivity contribution is 5.20. The molecule has 1 aliphatic rings. The summed E-state index contributed by atoms with van der Waals surface area (Å²) in [5, 5.41) is 0. The smallest absolute Gasteiger partial charge is 0.143 e. The number of rotatable bonds is 1. The number of hydrogen-bond acceptors (Lipinski definition) is 1. The van der Waals surface area contributed by atoms with Crippen molar-refractivity contribution < 1.29 is 4.74 Å². The van der Waals surface area contributed by atoms with E-state index >= 15 is 0 Å². The van der Waals surface area contributed by atoms with Crippen molar-refractivity contribution in [2.24, 2.45) is 0 Å². The first-order valence-electron chi connectivity index (χ1n) is 3.50. The monoisotopic (exact) mass is 146 g/mol. The molecule has 1 aromatic heterocycles. The second kappa shape index (κ2) is 2.66. The average Bonchev–Trinajstić information content (AvgIpc) is 2.58. The van der Waals surface area contributed by atoms with Crippen LogP contribution in [0.15, 0.2) is 36.8 Å². The maximum Gasteiger partial charge on any atom is 0.143 e. The SMILES string of the molecule is [c]1[nH]ccc1C1C=CC=CO1. The van der Waals surface area contributed by atoms with Crippen molar-refractivity contribution >= 4 is 0 Å². The van der Waals surface area contributed by atoms with E-state index in [1.807, 2.05) is 30.5 Å².